The molecule has 19 heavy (non-hydrogen) atoms. The van der Waals surface area contributed by atoms with Gasteiger partial charge in [0.1, 0.15) is 11.6 Å². The van der Waals surface area contributed by atoms with Gasteiger partial charge in [0, 0.05) is 18.0 Å². The van der Waals surface area contributed by atoms with E-state index >= 15 is 0 Å². The maximum Gasteiger partial charge on any atom is 0.224 e. The van der Waals surface area contributed by atoms with Crippen molar-refractivity contribution in [3.05, 3.63) is 35.4 Å². The van der Waals surface area contributed by atoms with Gasteiger partial charge in [-0.3, -0.25) is 4.79 Å². The van der Waals surface area contributed by atoms with E-state index in [0.29, 0.717) is 12.5 Å². The minimum absolute atomic E-state index is 0.0776. The Kier molecular flexibility index (Phi) is 4.75. The van der Waals surface area contributed by atoms with Crippen molar-refractivity contribution in [1.29, 1.82) is 0 Å². The van der Waals surface area contributed by atoms with Crippen molar-refractivity contribution in [2.45, 2.75) is 31.1 Å². The third kappa shape index (κ3) is 3.90. The highest BCUT2D eigenvalue weighted by atomic mass is 35.5. The van der Waals surface area contributed by atoms with E-state index in [1.165, 1.54) is 6.07 Å². The molecular weight excluding hydrogens is 272 g/mol. The summed E-state index contributed by atoms with van der Waals surface area (Å²) >= 11 is 6.11. The quantitative estimate of drug-likeness (QED) is 0.848. The number of alkyl halides is 1. The Bertz CT molecular complexity index is 467. The predicted octanol–water partition coefficient (Wildman–Crippen LogP) is 3.03. The van der Waals surface area contributed by atoms with Crippen LogP contribution in [0.25, 0.3) is 0 Å². The highest BCUT2D eigenvalue weighted by Gasteiger charge is 2.25. The van der Waals surface area contributed by atoms with Crippen LogP contribution in [0.1, 0.15) is 24.8 Å². The summed E-state index contributed by atoms with van der Waals surface area (Å²) in [7, 11) is 0. The number of hydrogen-bond acceptors (Lipinski definition) is 1. The molecule has 1 amide bonds. The molecule has 1 aliphatic carbocycles. The molecule has 0 heterocycles. The lowest BCUT2D eigenvalue weighted by Gasteiger charge is -2.14. The van der Waals surface area contributed by atoms with Crippen molar-refractivity contribution in [2.24, 2.45) is 5.92 Å². The smallest absolute Gasteiger partial charge is 0.224 e. The summed E-state index contributed by atoms with van der Waals surface area (Å²) in [4.78, 5) is 11.7. The Morgan fingerprint density at radius 3 is 2.79 bits per heavy atom. The number of hydrogen-bond donors (Lipinski definition) is 1. The molecule has 1 saturated carbocycles. The van der Waals surface area contributed by atoms with Gasteiger partial charge in [0.15, 0.2) is 0 Å². The highest BCUT2D eigenvalue weighted by Crippen LogP contribution is 2.29. The minimum atomic E-state index is -0.689. The molecule has 1 fully saturated rings. The van der Waals surface area contributed by atoms with Crippen LogP contribution < -0.4 is 5.32 Å². The summed E-state index contributed by atoms with van der Waals surface area (Å²) in [6.07, 6.45) is 3.00. The Balaban J connectivity index is 1.84. The zero-order chi connectivity index (χ0) is 13.8. The summed E-state index contributed by atoms with van der Waals surface area (Å²) < 4.78 is 26.1. The number of halogens is 3. The second-order valence-corrected chi connectivity index (χ2v) is 5.48. The molecule has 1 aromatic rings. The lowest BCUT2D eigenvalue weighted by atomic mass is 10.1. The van der Waals surface area contributed by atoms with Crippen LogP contribution >= 0.6 is 11.6 Å². The predicted molar refractivity (Wildman–Crippen MR) is 70.1 cm³/mol. The zero-order valence-electron chi connectivity index (χ0n) is 10.5. The van der Waals surface area contributed by atoms with E-state index in [4.69, 9.17) is 11.6 Å². The SMILES string of the molecule is O=C(Cc1ccc(F)cc1F)NCC1CCCC1Cl. The van der Waals surface area contributed by atoms with Crippen LogP contribution in [-0.4, -0.2) is 17.8 Å². The average molecular weight is 288 g/mol. The molecule has 0 spiro atoms. The number of benzene rings is 1. The second-order valence-electron chi connectivity index (χ2n) is 4.92. The number of nitrogens with one attached hydrogen (secondary N) is 1. The fraction of sp³-hybridized carbons (Fsp3) is 0.500. The lowest BCUT2D eigenvalue weighted by molar-refractivity contribution is -0.120. The maximum atomic E-state index is 13.4. The van der Waals surface area contributed by atoms with Gasteiger partial charge in [0.25, 0.3) is 0 Å². The standard InChI is InChI=1S/C14H16ClF2NO/c15-12-3-1-2-10(12)8-18-14(19)6-9-4-5-11(16)7-13(9)17/h4-5,7,10,12H,1-3,6,8H2,(H,18,19). The van der Waals surface area contributed by atoms with Crippen LogP contribution in [0.4, 0.5) is 8.78 Å². The van der Waals surface area contributed by atoms with Crippen LogP contribution in [0.15, 0.2) is 18.2 Å². The van der Waals surface area contributed by atoms with Gasteiger partial charge < -0.3 is 5.32 Å². The first-order valence-corrected chi connectivity index (χ1v) is 6.84. The molecule has 0 aliphatic heterocycles. The van der Waals surface area contributed by atoms with Gasteiger partial charge in [0.05, 0.1) is 6.42 Å². The Hall–Kier alpha value is -1.16. The Labute approximate surface area is 116 Å². The second kappa shape index (κ2) is 6.33. The van der Waals surface area contributed by atoms with Crippen molar-refractivity contribution >= 4 is 17.5 Å². The van der Waals surface area contributed by atoms with Crippen LogP contribution in [-0.2, 0) is 11.2 Å². The van der Waals surface area contributed by atoms with Gasteiger partial charge in [-0.25, -0.2) is 8.78 Å². The van der Waals surface area contributed by atoms with Crippen LogP contribution in [0.2, 0.25) is 0 Å². The molecule has 1 aromatic carbocycles. The molecule has 0 bridgehead atoms. The molecular formula is C14H16ClF2NO. The molecule has 2 nitrogen and oxygen atoms in total. The van der Waals surface area contributed by atoms with Gasteiger partial charge in [0.2, 0.25) is 5.91 Å². The monoisotopic (exact) mass is 287 g/mol. The molecule has 104 valence electrons. The summed E-state index contributed by atoms with van der Waals surface area (Å²) in [6, 6.07) is 3.23. The third-order valence-corrected chi connectivity index (χ3v) is 4.07. The van der Waals surface area contributed by atoms with Gasteiger partial charge >= 0.3 is 0 Å². The third-order valence-electron chi connectivity index (χ3n) is 3.49. The van der Waals surface area contributed by atoms with E-state index in [2.05, 4.69) is 5.32 Å². The molecule has 2 unspecified atom stereocenters. The van der Waals surface area contributed by atoms with Crippen molar-refractivity contribution in [3.8, 4) is 0 Å². The number of amides is 1. The van der Waals surface area contributed by atoms with Crippen LogP contribution in [0.5, 0.6) is 0 Å². The van der Waals surface area contributed by atoms with Gasteiger partial charge in [-0.15, -0.1) is 11.6 Å². The van der Waals surface area contributed by atoms with Gasteiger partial charge in [-0.2, -0.15) is 0 Å². The fourth-order valence-corrected chi connectivity index (χ4v) is 2.74. The summed E-state index contributed by atoms with van der Waals surface area (Å²) in [5, 5.41) is 2.88. The van der Waals surface area contributed by atoms with Gasteiger partial charge in [-0.05, 0) is 30.4 Å². The number of rotatable bonds is 4. The summed E-state index contributed by atoms with van der Waals surface area (Å²) in [6.45, 7) is 0.524. The summed E-state index contributed by atoms with van der Waals surface area (Å²) in [5.41, 5.74) is 0.202. The fourth-order valence-electron chi connectivity index (χ4n) is 2.37. The lowest BCUT2D eigenvalue weighted by Crippen LogP contribution is -2.32. The van der Waals surface area contributed by atoms with E-state index in [-0.39, 0.29) is 23.3 Å². The van der Waals surface area contributed by atoms with Crippen LogP contribution in [0, 0.1) is 17.6 Å². The van der Waals surface area contributed by atoms with Crippen LogP contribution in [0.3, 0.4) is 0 Å². The number of carbonyl (C=O) groups is 1. The van der Waals surface area contributed by atoms with Crippen molar-refractivity contribution in [3.63, 3.8) is 0 Å². The van der Waals surface area contributed by atoms with Crippen molar-refractivity contribution in [2.75, 3.05) is 6.54 Å². The highest BCUT2D eigenvalue weighted by molar-refractivity contribution is 6.20. The molecule has 1 N–H and O–H groups in total. The molecule has 0 aromatic heterocycles. The van der Waals surface area contributed by atoms with E-state index in [9.17, 15) is 13.6 Å². The van der Waals surface area contributed by atoms with E-state index in [0.717, 1.165) is 31.4 Å². The summed E-state index contributed by atoms with van der Waals surface area (Å²) in [5.74, 6) is -1.30. The molecule has 0 saturated heterocycles. The average Bonchev–Trinajstić information content (AvgIpc) is 2.76. The zero-order valence-corrected chi connectivity index (χ0v) is 11.2. The first kappa shape index (κ1) is 14.3. The van der Waals surface area contributed by atoms with E-state index < -0.39 is 11.6 Å². The van der Waals surface area contributed by atoms with Gasteiger partial charge in [-0.1, -0.05) is 12.5 Å². The normalized spacial score (nSPS) is 22.5. The minimum Gasteiger partial charge on any atom is -0.355 e. The molecule has 2 rings (SSSR count). The topological polar surface area (TPSA) is 29.1 Å². The number of carbonyl (C=O) groups excluding carboxylic acids is 1. The van der Waals surface area contributed by atoms with E-state index in [1.807, 2.05) is 0 Å². The molecule has 2 atom stereocenters. The Morgan fingerprint density at radius 1 is 1.37 bits per heavy atom. The Morgan fingerprint density at radius 2 is 2.16 bits per heavy atom. The maximum absolute atomic E-state index is 13.4. The first-order valence-electron chi connectivity index (χ1n) is 6.41. The largest absolute Gasteiger partial charge is 0.355 e. The molecule has 0 radical (unpaired) electrons. The molecule has 1 aliphatic rings. The van der Waals surface area contributed by atoms with Crippen molar-refractivity contribution < 1.29 is 13.6 Å². The van der Waals surface area contributed by atoms with E-state index in [1.54, 1.807) is 0 Å². The molecule has 5 heteroatoms. The first-order chi connectivity index (χ1) is 9.06. The van der Waals surface area contributed by atoms with Crippen molar-refractivity contribution in [1.82, 2.24) is 5.32 Å².